The first-order valence-corrected chi connectivity index (χ1v) is 7.93. The number of fused-ring (bicyclic) bond motifs is 1. The Morgan fingerprint density at radius 1 is 1.16 bits per heavy atom. The normalized spacial score (nSPS) is 17.7. The van der Waals surface area contributed by atoms with Crippen molar-refractivity contribution in [2.45, 2.75) is 25.3 Å². The number of aromatic nitrogens is 3. The minimum Gasteiger partial charge on any atom is -0.480 e. The predicted molar refractivity (Wildman–Crippen MR) is 88.5 cm³/mol. The summed E-state index contributed by atoms with van der Waals surface area (Å²) in [4.78, 5) is 53.8. The SMILES string of the molecule is Cn1c(=O)c2ccc(C(=O)N3CCCCC3C(=O)O)nc2n(C)c1=O. The number of piperidine rings is 1. The Balaban J connectivity index is 2.10. The number of likely N-dealkylation sites (tertiary alicyclic amines) is 1. The van der Waals surface area contributed by atoms with E-state index in [-0.39, 0.29) is 16.7 Å². The predicted octanol–water partition coefficient (Wildman–Crippen LogP) is -0.288. The average Bonchev–Trinajstić information content (AvgIpc) is 2.63. The molecule has 3 heterocycles. The van der Waals surface area contributed by atoms with Crippen LogP contribution in [0.25, 0.3) is 11.0 Å². The molecular formula is C16H18N4O5. The summed E-state index contributed by atoms with van der Waals surface area (Å²) < 4.78 is 2.16. The second-order valence-electron chi connectivity index (χ2n) is 6.12. The van der Waals surface area contributed by atoms with Gasteiger partial charge in [-0.1, -0.05) is 0 Å². The maximum Gasteiger partial charge on any atom is 0.332 e. The highest BCUT2D eigenvalue weighted by Crippen LogP contribution is 2.20. The average molecular weight is 346 g/mol. The number of carbonyl (C=O) groups excluding carboxylic acids is 1. The molecule has 1 N–H and O–H groups in total. The first-order chi connectivity index (χ1) is 11.8. The summed E-state index contributed by atoms with van der Waals surface area (Å²) in [5.41, 5.74) is -0.922. The Kier molecular flexibility index (Phi) is 4.15. The molecule has 2 aromatic rings. The van der Waals surface area contributed by atoms with E-state index < -0.39 is 29.2 Å². The highest BCUT2D eigenvalue weighted by molar-refractivity contribution is 5.96. The Labute approximate surface area is 142 Å². The molecular weight excluding hydrogens is 328 g/mol. The third-order valence-electron chi connectivity index (χ3n) is 4.57. The van der Waals surface area contributed by atoms with Crippen LogP contribution in [0, 0.1) is 0 Å². The van der Waals surface area contributed by atoms with Gasteiger partial charge in [0.05, 0.1) is 5.39 Å². The maximum absolute atomic E-state index is 12.7. The van der Waals surface area contributed by atoms with Gasteiger partial charge in [0.25, 0.3) is 11.5 Å². The molecule has 9 nitrogen and oxygen atoms in total. The fourth-order valence-corrected chi connectivity index (χ4v) is 3.15. The minimum atomic E-state index is -1.05. The summed E-state index contributed by atoms with van der Waals surface area (Å²) in [6.45, 7) is 0.338. The Hall–Kier alpha value is -2.97. The van der Waals surface area contributed by atoms with Crippen LogP contribution in [0.15, 0.2) is 21.7 Å². The molecule has 25 heavy (non-hydrogen) atoms. The summed E-state index contributed by atoms with van der Waals surface area (Å²) in [5.74, 6) is -1.56. The topological polar surface area (TPSA) is 114 Å². The lowest BCUT2D eigenvalue weighted by Crippen LogP contribution is -2.48. The van der Waals surface area contributed by atoms with Crippen LogP contribution in [0.5, 0.6) is 0 Å². The fraction of sp³-hybridized carbons (Fsp3) is 0.438. The lowest BCUT2D eigenvalue weighted by atomic mass is 10.0. The van der Waals surface area contributed by atoms with E-state index in [0.717, 1.165) is 17.4 Å². The number of carbonyl (C=O) groups is 2. The number of aryl methyl sites for hydroxylation is 1. The van der Waals surface area contributed by atoms with Crippen LogP contribution in [0.1, 0.15) is 29.8 Å². The van der Waals surface area contributed by atoms with Crippen molar-refractivity contribution in [2.75, 3.05) is 6.54 Å². The van der Waals surface area contributed by atoms with E-state index in [0.29, 0.717) is 13.0 Å². The van der Waals surface area contributed by atoms with Gasteiger partial charge < -0.3 is 10.0 Å². The van der Waals surface area contributed by atoms with Gasteiger partial charge in [0.2, 0.25) is 0 Å². The molecule has 2 aromatic heterocycles. The van der Waals surface area contributed by atoms with Crippen molar-refractivity contribution in [3.63, 3.8) is 0 Å². The summed E-state index contributed by atoms with van der Waals surface area (Å²) in [6, 6.07) is 1.95. The van der Waals surface area contributed by atoms with Gasteiger partial charge in [0.1, 0.15) is 17.4 Å². The molecule has 0 aliphatic carbocycles. The number of rotatable bonds is 2. The molecule has 1 aliphatic rings. The molecule has 1 fully saturated rings. The number of carboxylic acids is 1. The van der Waals surface area contributed by atoms with E-state index in [2.05, 4.69) is 4.98 Å². The molecule has 3 rings (SSSR count). The van der Waals surface area contributed by atoms with Gasteiger partial charge in [-0.05, 0) is 31.4 Å². The highest BCUT2D eigenvalue weighted by Gasteiger charge is 2.33. The van der Waals surface area contributed by atoms with Crippen LogP contribution >= 0.6 is 0 Å². The number of amides is 1. The summed E-state index contributed by atoms with van der Waals surface area (Å²) >= 11 is 0. The number of hydrogen-bond donors (Lipinski definition) is 1. The molecule has 0 aromatic carbocycles. The minimum absolute atomic E-state index is 0.0175. The quantitative estimate of drug-likeness (QED) is 0.799. The lowest BCUT2D eigenvalue weighted by molar-refractivity contribution is -0.143. The van der Waals surface area contributed by atoms with Crippen molar-refractivity contribution in [2.24, 2.45) is 14.1 Å². The molecule has 0 bridgehead atoms. The Morgan fingerprint density at radius 3 is 2.56 bits per heavy atom. The van der Waals surface area contributed by atoms with E-state index in [9.17, 15) is 24.3 Å². The molecule has 1 amide bonds. The van der Waals surface area contributed by atoms with E-state index in [1.807, 2.05) is 0 Å². The van der Waals surface area contributed by atoms with Crippen LogP contribution in [0.4, 0.5) is 0 Å². The second kappa shape index (κ2) is 6.15. The van der Waals surface area contributed by atoms with Gasteiger partial charge in [-0.15, -0.1) is 0 Å². The number of aliphatic carboxylic acids is 1. The molecule has 1 unspecified atom stereocenters. The standard InChI is InChI=1S/C16H18N4O5/c1-18-12-9(13(21)19(2)16(18)25)6-7-10(17-12)14(22)20-8-4-3-5-11(20)15(23)24/h6-7,11H,3-5,8H2,1-2H3,(H,23,24). The zero-order valence-corrected chi connectivity index (χ0v) is 13.9. The van der Waals surface area contributed by atoms with E-state index >= 15 is 0 Å². The first kappa shape index (κ1) is 16.9. The zero-order chi connectivity index (χ0) is 18.3. The Morgan fingerprint density at radius 2 is 1.88 bits per heavy atom. The molecule has 0 saturated carbocycles. The number of nitrogens with zero attached hydrogens (tertiary/aromatic N) is 4. The van der Waals surface area contributed by atoms with Crippen molar-refractivity contribution in [1.82, 2.24) is 19.0 Å². The zero-order valence-electron chi connectivity index (χ0n) is 13.9. The maximum atomic E-state index is 12.7. The number of pyridine rings is 1. The smallest absolute Gasteiger partial charge is 0.332 e. The first-order valence-electron chi connectivity index (χ1n) is 7.93. The summed E-state index contributed by atoms with van der Waals surface area (Å²) in [6.07, 6.45) is 1.87. The van der Waals surface area contributed by atoms with E-state index in [1.165, 1.54) is 35.7 Å². The van der Waals surface area contributed by atoms with Gasteiger partial charge in [-0.3, -0.25) is 18.7 Å². The molecule has 0 spiro atoms. The van der Waals surface area contributed by atoms with Crippen molar-refractivity contribution in [3.05, 3.63) is 38.7 Å². The summed E-state index contributed by atoms with van der Waals surface area (Å²) in [7, 11) is 2.83. The monoisotopic (exact) mass is 346 g/mol. The van der Waals surface area contributed by atoms with Crippen molar-refractivity contribution >= 4 is 22.9 Å². The van der Waals surface area contributed by atoms with Crippen LogP contribution < -0.4 is 11.2 Å². The highest BCUT2D eigenvalue weighted by atomic mass is 16.4. The van der Waals surface area contributed by atoms with E-state index in [4.69, 9.17) is 0 Å². The van der Waals surface area contributed by atoms with Crippen molar-refractivity contribution in [1.29, 1.82) is 0 Å². The largest absolute Gasteiger partial charge is 0.480 e. The Bertz CT molecular complexity index is 990. The van der Waals surface area contributed by atoms with Gasteiger partial charge in [0, 0.05) is 20.6 Å². The van der Waals surface area contributed by atoms with E-state index in [1.54, 1.807) is 0 Å². The number of carboxylic acid groups (broad SMARTS) is 1. The van der Waals surface area contributed by atoms with Gasteiger partial charge >= 0.3 is 11.7 Å². The van der Waals surface area contributed by atoms with Crippen molar-refractivity contribution < 1.29 is 14.7 Å². The van der Waals surface area contributed by atoms with Crippen LogP contribution in [-0.4, -0.2) is 48.6 Å². The van der Waals surface area contributed by atoms with Crippen LogP contribution in [0.3, 0.4) is 0 Å². The second-order valence-corrected chi connectivity index (χ2v) is 6.12. The molecule has 1 atom stereocenters. The third-order valence-corrected chi connectivity index (χ3v) is 4.57. The summed E-state index contributed by atoms with van der Waals surface area (Å²) in [5, 5.41) is 9.54. The fourth-order valence-electron chi connectivity index (χ4n) is 3.15. The molecule has 1 aliphatic heterocycles. The third kappa shape index (κ3) is 2.71. The molecule has 132 valence electrons. The van der Waals surface area contributed by atoms with Crippen molar-refractivity contribution in [3.8, 4) is 0 Å². The number of hydrogen-bond acceptors (Lipinski definition) is 5. The van der Waals surface area contributed by atoms with Crippen LogP contribution in [0.2, 0.25) is 0 Å². The van der Waals surface area contributed by atoms with Gasteiger partial charge in [-0.25, -0.2) is 14.6 Å². The van der Waals surface area contributed by atoms with Gasteiger partial charge in [-0.2, -0.15) is 0 Å². The molecule has 9 heteroatoms. The molecule has 0 radical (unpaired) electrons. The lowest BCUT2D eigenvalue weighted by Gasteiger charge is -2.32. The van der Waals surface area contributed by atoms with Crippen LogP contribution in [-0.2, 0) is 18.9 Å². The van der Waals surface area contributed by atoms with Gasteiger partial charge in [0.15, 0.2) is 0 Å². The molecule has 1 saturated heterocycles.